The van der Waals surface area contributed by atoms with Gasteiger partial charge in [-0.3, -0.25) is 4.68 Å². The van der Waals surface area contributed by atoms with Gasteiger partial charge in [-0.25, -0.2) is 0 Å². The molecular formula is C13H15N3OS. The van der Waals surface area contributed by atoms with E-state index in [1.807, 2.05) is 44.4 Å². The molecule has 0 aliphatic carbocycles. The Kier molecular flexibility index (Phi) is 3.62. The number of hydrogen-bond acceptors (Lipinski definition) is 3. The highest BCUT2D eigenvalue weighted by Crippen LogP contribution is 2.20. The summed E-state index contributed by atoms with van der Waals surface area (Å²) in [4.78, 5) is 0.373. The van der Waals surface area contributed by atoms with Gasteiger partial charge in [0.2, 0.25) is 0 Å². The summed E-state index contributed by atoms with van der Waals surface area (Å²) in [7, 11) is 1.88. The van der Waals surface area contributed by atoms with Crippen molar-refractivity contribution >= 4 is 17.2 Å². The van der Waals surface area contributed by atoms with E-state index in [1.165, 1.54) is 0 Å². The minimum Gasteiger partial charge on any atom is -0.487 e. The molecule has 94 valence electrons. The maximum Gasteiger partial charge on any atom is 0.132 e. The van der Waals surface area contributed by atoms with Crippen LogP contribution in [-0.4, -0.2) is 14.8 Å². The summed E-state index contributed by atoms with van der Waals surface area (Å²) in [5.74, 6) is 0.783. The molecule has 0 unspecified atom stereocenters. The van der Waals surface area contributed by atoms with E-state index < -0.39 is 0 Å². The first-order valence-corrected chi connectivity index (χ1v) is 5.99. The predicted octanol–water partition coefficient (Wildman–Crippen LogP) is 1.94. The van der Waals surface area contributed by atoms with Gasteiger partial charge < -0.3 is 10.5 Å². The molecule has 1 heterocycles. The van der Waals surface area contributed by atoms with E-state index >= 15 is 0 Å². The number of thiocarbonyl (C=S) groups is 1. The molecule has 0 atom stereocenters. The van der Waals surface area contributed by atoms with Crippen molar-refractivity contribution in [2.24, 2.45) is 12.8 Å². The average Bonchev–Trinajstić information content (AvgIpc) is 2.74. The van der Waals surface area contributed by atoms with Crippen LogP contribution in [0.25, 0.3) is 0 Å². The van der Waals surface area contributed by atoms with Gasteiger partial charge in [-0.1, -0.05) is 24.4 Å². The topological polar surface area (TPSA) is 53.1 Å². The zero-order chi connectivity index (χ0) is 13.1. The quantitative estimate of drug-likeness (QED) is 0.855. The number of rotatable bonds is 4. The Bertz CT molecular complexity index is 577. The van der Waals surface area contributed by atoms with Crippen molar-refractivity contribution in [1.29, 1.82) is 0 Å². The van der Waals surface area contributed by atoms with Gasteiger partial charge in [0, 0.05) is 18.8 Å². The Hall–Kier alpha value is -1.88. The third-order valence-corrected chi connectivity index (χ3v) is 2.85. The van der Waals surface area contributed by atoms with Gasteiger partial charge >= 0.3 is 0 Å². The van der Waals surface area contributed by atoms with Crippen molar-refractivity contribution in [3.63, 3.8) is 0 Å². The Morgan fingerprint density at radius 3 is 2.83 bits per heavy atom. The maximum atomic E-state index is 5.74. The molecule has 1 aromatic heterocycles. The maximum absolute atomic E-state index is 5.74. The van der Waals surface area contributed by atoms with Crippen molar-refractivity contribution in [1.82, 2.24) is 9.78 Å². The second kappa shape index (κ2) is 5.18. The highest BCUT2D eigenvalue weighted by molar-refractivity contribution is 7.80. The Labute approximate surface area is 111 Å². The van der Waals surface area contributed by atoms with Gasteiger partial charge in [0.05, 0.1) is 5.69 Å². The Balaban J connectivity index is 2.13. The van der Waals surface area contributed by atoms with Crippen LogP contribution in [-0.2, 0) is 13.7 Å². The van der Waals surface area contributed by atoms with Crippen LogP contribution in [0.15, 0.2) is 30.5 Å². The van der Waals surface area contributed by atoms with Gasteiger partial charge in [0.15, 0.2) is 0 Å². The number of aryl methyl sites for hydroxylation is 2. The fourth-order valence-electron chi connectivity index (χ4n) is 1.60. The van der Waals surface area contributed by atoms with E-state index in [0.717, 1.165) is 22.6 Å². The minimum atomic E-state index is 0.373. The highest BCUT2D eigenvalue weighted by Gasteiger charge is 2.05. The molecule has 0 fully saturated rings. The summed E-state index contributed by atoms with van der Waals surface area (Å²) in [6.45, 7) is 2.42. The largest absolute Gasteiger partial charge is 0.487 e. The number of aromatic nitrogens is 2. The van der Waals surface area contributed by atoms with E-state index in [9.17, 15) is 0 Å². The van der Waals surface area contributed by atoms with Crippen LogP contribution in [0.1, 0.15) is 16.8 Å². The lowest BCUT2D eigenvalue weighted by molar-refractivity contribution is 0.298. The van der Waals surface area contributed by atoms with Gasteiger partial charge in [0.1, 0.15) is 17.3 Å². The summed E-state index contributed by atoms with van der Waals surface area (Å²) in [6, 6.07) is 7.63. The minimum absolute atomic E-state index is 0.373. The third-order valence-electron chi connectivity index (χ3n) is 2.62. The van der Waals surface area contributed by atoms with Crippen molar-refractivity contribution in [3.05, 3.63) is 47.3 Å². The molecule has 18 heavy (non-hydrogen) atoms. The monoisotopic (exact) mass is 261 g/mol. The van der Waals surface area contributed by atoms with Crippen LogP contribution in [0.5, 0.6) is 5.75 Å². The van der Waals surface area contributed by atoms with Crippen LogP contribution < -0.4 is 10.5 Å². The van der Waals surface area contributed by atoms with Crippen molar-refractivity contribution in [2.45, 2.75) is 13.5 Å². The van der Waals surface area contributed by atoms with E-state index in [4.69, 9.17) is 22.7 Å². The van der Waals surface area contributed by atoms with Crippen LogP contribution in [0.3, 0.4) is 0 Å². The molecule has 0 saturated heterocycles. The molecule has 2 aromatic rings. The smallest absolute Gasteiger partial charge is 0.132 e. The molecule has 5 heteroatoms. The Morgan fingerprint density at radius 1 is 1.44 bits per heavy atom. The summed E-state index contributed by atoms with van der Waals surface area (Å²) >= 11 is 4.95. The SMILES string of the molecule is Cc1ccc(C(N)=S)cc1OCc1ccn(C)n1. The van der Waals surface area contributed by atoms with Gasteiger partial charge in [-0.15, -0.1) is 0 Å². The van der Waals surface area contributed by atoms with E-state index in [-0.39, 0.29) is 0 Å². The number of nitrogens with two attached hydrogens (primary N) is 1. The van der Waals surface area contributed by atoms with E-state index in [0.29, 0.717) is 11.6 Å². The molecule has 4 nitrogen and oxygen atoms in total. The molecule has 0 radical (unpaired) electrons. The first-order chi connectivity index (χ1) is 8.56. The van der Waals surface area contributed by atoms with Crippen LogP contribution in [0.2, 0.25) is 0 Å². The van der Waals surface area contributed by atoms with E-state index in [1.54, 1.807) is 4.68 Å². The zero-order valence-electron chi connectivity index (χ0n) is 10.4. The lowest BCUT2D eigenvalue weighted by Gasteiger charge is -2.09. The zero-order valence-corrected chi connectivity index (χ0v) is 11.2. The van der Waals surface area contributed by atoms with Gasteiger partial charge in [0.25, 0.3) is 0 Å². The molecular weight excluding hydrogens is 246 g/mol. The Morgan fingerprint density at radius 2 is 2.22 bits per heavy atom. The molecule has 2 N–H and O–H groups in total. The molecule has 0 saturated carbocycles. The predicted molar refractivity (Wildman–Crippen MR) is 74.6 cm³/mol. The molecule has 0 amide bonds. The van der Waals surface area contributed by atoms with Crippen molar-refractivity contribution in [2.75, 3.05) is 0 Å². The van der Waals surface area contributed by atoms with Crippen molar-refractivity contribution in [3.8, 4) is 5.75 Å². The molecule has 0 bridgehead atoms. The standard InChI is InChI=1S/C13H15N3OS/c1-9-3-4-10(13(14)18)7-12(9)17-8-11-5-6-16(2)15-11/h3-7H,8H2,1-2H3,(H2,14,18). The lowest BCUT2D eigenvalue weighted by Crippen LogP contribution is -2.09. The molecule has 0 spiro atoms. The summed E-state index contributed by atoms with van der Waals surface area (Å²) in [5, 5.41) is 4.25. The summed E-state index contributed by atoms with van der Waals surface area (Å²) in [6.07, 6.45) is 1.89. The van der Waals surface area contributed by atoms with E-state index in [2.05, 4.69) is 5.10 Å². The fraction of sp³-hybridized carbons (Fsp3) is 0.231. The molecule has 2 rings (SSSR count). The average molecular weight is 261 g/mol. The summed E-state index contributed by atoms with van der Waals surface area (Å²) < 4.78 is 7.48. The third kappa shape index (κ3) is 2.87. The van der Waals surface area contributed by atoms with Gasteiger partial charge in [-0.2, -0.15) is 5.10 Å². The molecule has 1 aromatic carbocycles. The first-order valence-electron chi connectivity index (χ1n) is 5.58. The second-order valence-electron chi connectivity index (χ2n) is 4.11. The first kappa shape index (κ1) is 12.6. The van der Waals surface area contributed by atoms with Crippen LogP contribution in [0.4, 0.5) is 0 Å². The number of hydrogen-bond donors (Lipinski definition) is 1. The van der Waals surface area contributed by atoms with Crippen LogP contribution in [0, 0.1) is 6.92 Å². The second-order valence-corrected chi connectivity index (χ2v) is 4.55. The van der Waals surface area contributed by atoms with Crippen LogP contribution >= 0.6 is 12.2 Å². The number of ether oxygens (including phenoxy) is 1. The lowest BCUT2D eigenvalue weighted by atomic mass is 10.1. The molecule has 0 aliphatic heterocycles. The number of benzene rings is 1. The highest BCUT2D eigenvalue weighted by atomic mass is 32.1. The summed E-state index contributed by atoms with van der Waals surface area (Å²) in [5.41, 5.74) is 8.35. The fourth-order valence-corrected chi connectivity index (χ4v) is 1.73. The van der Waals surface area contributed by atoms with Crippen molar-refractivity contribution < 1.29 is 4.74 Å². The number of nitrogens with zero attached hydrogens (tertiary/aromatic N) is 2. The van der Waals surface area contributed by atoms with Gasteiger partial charge in [-0.05, 0) is 24.6 Å². The molecule has 0 aliphatic rings. The normalized spacial score (nSPS) is 10.3.